The molecule has 0 saturated carbocycles. The van der Waals surface area contributed by atoms with Gasteiger partial charge in [0.15, 0.2) is 12.1 Å². The van der Waals surface area contributed by atoms with Crippen molar-refractivity contribution in [2.24, 2.45) is 0 Å². The zero-order valence-electron chi connectivity index (χ0n) is 11.9. The highest BCUT2D eigenvalue weighted by Gasteiger charge is 2.28. The van der Waals surface area contributed by atoms with Crippen LogP contribution in [0.25, 0.3) is 11.3 Å². The van der Waals surface area contributed by atoms with Crippen molar-refractivity contribution in [3.63, 3.8) is 0 Å². The maximum atomic E-state index is 14.5. The van der Waals surface area contributed by atoms with E-state index in [2.05, 4.69) is 9.97 Å². The van der Waals surface area contributed by atoms with Crippen LogP contribution < -0.4 is 0 Å². The molecule has 0 aliphatic heterocycles. The smallest absolute Gasteiger partial charge is 0.269 e. The third-order valence-corrected chi connectivity index (χ3v) is 4.91. The first-order valence-electron chi connectivity index (χ1n) is 6.59. The molecule has 0 amide bonds. The topological polar surface area (TPSA) is 81.9 Å². The lowest BCUT2D eigenvalue weighted by molar-refractivity contribution is 0.112. The van der Waals surface area contributed by atoms with Gasteiger partial charge in [-0.25, -0.2) is 21.8 Å². The van der Waals surface area contributed by atoms with Crippen molar-refractivity contribution in [1.82, 2.24) is 13.9 Å². The normalized spacial score (nSPS) is 11.4. The van der Waals surface area contributed by atoms with Gasteiger partial charge in [0.1, 0.15) is 10.6 Å². The molecule has 0 radical (unpaired) electrons. The van der Waals surface area contributed by atoms with E-state index in [1.165, 1.54) is 30.5 Å². The molecular formula is C15H9F2N3O3S. The molecule has 0 aliphatic carbocycles. The summed E-state index contributed by atoms with van der Waals surface area (Å²) in [6.07, 6.45) is 4.53. The predicted molar refractivity (Wildman–Crippen MR) is 79.8 cm³/mol. The largest absolute Gasteiger partial charge is 0.298 e. The van der Waals surface area contributed by atoms with Crippen molar-refractivity contribution in [3.8, 4) is 11.3 Å². The van der Waals surface area contributed by atoms with Gasteiger partial charge in [0.25, 0.3) is 10.0 Å². The highest BCUT2D eigenvalue weighted by atomic mass is 32.2. The number of aromatic nitrogens is 3. The van der Waals surface area contributed by atoms with E-state index in [1.807, 2.05) is 0 Å². The zero-order chi connectivity index (χ0) is 17.3. The van der Waals surface area contributed by atoms with Crippen LogP contribution in [0.15, 0.2) is 53.9 Å². The molecule has 122 valence electrons. The summed E-state index contributed by atoms with van der Waals surface area (Å²) in [5.41, 5.74) is -1.50. The van der Waals surface area contributed by atoms with Gasteiger partial charge < -0.3 is 0 Å². The first-order chi connectivity index (χ1) is 11.5. The number of rotatable bonds is 4. The molecule has 3 heterocycles. The Kier molecular flexibility index (Phi) is 3.94. The molecule has 0 spiro atoms. The summed E-state index contributed by atoms with van der Waals surface area (Å²) in [6, 6.07) is 5.14. The standard InChI is InChI=1S/C15H9F2N3O3S/c16-13-10(9-21)8-20(14(13)12-4-2-6-19-15(12)17)24(22,23)11-3-1-5-18-7-11/h1-9H. The molecule has 0 aliphatic rings. The van der Waals surface area contributed by atoms with Crippen molar-refractivity contribution in [2.45, 2.75) is 4.90 Å². The average Bonchev–Trinajstić information content (AvgIpc) is 2.93. The van der Waals surface area contributed by atoms with Gasteiger partial charge in [-0.1, -0.05) is 0 Å². The number of nitrogens with zero attached hydrogens (tertiary/aromatic N) is 3. The summed E-state index contributed by atoms with van der Waals surface area (Å²) in [6.45, 7) is 0. The van der Waals surface area contributed by atoms with Crippen LogP contribution in [0, 0.1) is 11.8 Å². The Morgan fingerprint density at radius 3 is 2.50 bits per heavy atom. The number of pyridine rings is 2. The lowest BCUT2D eigenvalue weighted by Gasteiger charge is -2.10. The molecule has 9 heteroatoms. The van der Waals surface area contributed by atoms with Gasteiger partial charge in [0.05, 0.1) is 11.1 Å². The SMILES string of the molecule is O=Cc1cn(S(=O)(=O)c2cccnc2)c(-c2cccnc2F)c1F. The van der Waals surface area contributed by atoms with Crippen molar-refractivity contribution in [1.29, 1.82) is 0 Å². The second kappa shape index (κ2) is 5.93. The molecule has 3 aromatic rings. The number of halogens is 2. The molecule has 0 fully saturated rings. The van der Waals surface area contributed by atoms with Gasteiger partial charge in [-0.3, -0.25) is 9.78 Å². The second-order valence-corrected chi connectivity index (χ2v) is 6.51. The first kappa shape index (κ1) is 15.9. The van der Waals surface area contributed by atoms with Crippen molar-refractivity contribution in [2.75, 3.05) is 0 Å². The van der Waals surface area contributed by atoms with Gasteiger partial charge in [-0.05, 0) is 24.3 Å². The number of carbonyl (C=O) groups is 1. The van der Waals surface area contributed by atoms with Gasteiger partial charge in [0.2, 0.25) is 5.95 Å². The minimum atomic E-state index is -4.29. The van der Waals surface area contributed by atoms with E-state index >= 15 is 0 Å². The Bertz CT molecular complexity index is 1020. The van der Waals surface area contributed by atoms with Crippen molar-refractivity contribution < 1.29 is 22.0 Å². The van der Waals surface area contributed by atoms with Crippen molar-refractivity contribution >= 4 is 16.3 Å². The third kappa shape index (κ3) is 2.48. The van der Waals surface area contributed by atoms with E-state index in [-0.39, 0.29) is 16.7 Å². The fourth-order valence-corrected chi connectivity index (χ4v) is 3.51. The Morgan fingerprint density at radius 2 is 1.88 bits per heavy atom. The molecule has 0 atom stereocenters. The fourth-order valence-electron chi connectivity index (χ4n) is 2.17. The lowest BCUT2D eigenvalue weighted by Crippen LogP contribution is -2.14. The van der Waals surface area contributed by atoms with Gasteiger partial charge in [0, 0.05) is 24.8 Å². The lowest BCUT2D eigenvalue weighted by atomic mass is 10.2. The van der Waals surface area contributed by atoms with E-state index in [0.717, 1.165) is 18.6 Å². The monoisotopic (exact) mass is 349 g/mol. The number of carbonyl (C=O) groups excluding carboxylic acids is 1. The highest BCUT2D eigenvalue weighted by molar-refractivity contribution is 7.90. The molecule has 0 saturated heterocycles. The molecule has 0 N–H and O–H groups in total. The van der Waals surface area contributed by atoms with Gasteiger partial charge in [-0.15, -0.1) is 0 Å². The van der Waals surface area contributed by atoms with Crippen LogP contribution >= 0.6 is 0 Å². The molecular weight excluding hydrogens is 340 g/mol. The molecule has 0 unspecified atom stereocenters. The van der Waals surface area contributed by atoms with Crippen LogP contribution in [-0.2, 0) is 10.0 Å². The Morgan fingerprint density at radius 1 is 1.12 bits per heavy atom. The van der Waals surface area contributed by atoms with Crippen LogP contribution in [0.3, 0.4) is 0 Å². The average molecular weight is 349 g/mol. The molecule has 6 nitrogen and oxygen atoms in total. The highest BCUT2D eigenvalue weighted by Crippen LogP contribution is 2.31. The van der Waals surface area contributed by atoms with Crippen LogP contribution in [0.2, 0.25) is 0 Å². The summed E-state index contributed by atoms with van der Waals surface area (Å²) >= 11 is 0. The second-order valence-electron chi connectivity index (χ2n) is 4.70. The van der Waals surface area contributed by atoms with Gasteiger partial charge in [-0.2, -0.15) is 4.39 Å². The zero-order valence-corrected chi connectivity index (χ0v) is 12.7. The van der Waals surface area contributed by atoms with Gasteiger partial charge >= 0.3 is 0 Å². The Hall–Kier alpha value is -2.94. The first-order valence-corrected chi connectivity index (χ1v) is 8.03. The van der Waals surface area contributed by atoms with Crippen LogP contribution in [-0.4, -0.2) is 28.6 Å². The number of hydrogen-bond donors (Lipinski definition) is 0. The quantitative estimate of drug-likeness (QED) is 0.533. The van der Waals surface area contributed by atoms with Crippen LogP contribution in [0.5, 0.6) is 0 Å². The minimum Gasteiger partial charge on any atom is -0.298 e. The molecule has 24 heavy (non-hydrogen) atoms. The maximum absolute atomic E-state index is 14.5. The van der Waals surface area contributed by atoms with Crippen LogP contribution in [0.1, 0.15) is 10.4 Å². The van der Waals surface area contributed by atoms with E-state index in [1.54, 1.807) is 0 Å². The van der Waals surface area contributed by atoms with E-state index < -0.39 is 33.0 Å². The maximum Gasteiger partial charge on any atom is 0.269 e. The summed E-state index contributed by atoms with van der Waals surface area (Å²) in [7, 11) is -4.29. The third-order valence-electron chi connectivity index (χ3n) is 3.27. The number of hydrogen-bond acceptors (Lipinski definition) is 5. The molecule has 3 rings (SSSR count). The fraction of sp³-hybridized carbons (Fsp3) is 0. The van der Waals surface area contributed by atoms with E-state index in [0.29, 0.717) is 3.97 Å². The summed E-state index contributed by atoms with van der Waals surface area (Å²) < 4.78 is 54.4. The predicted octanol–water partition coefficient (Wildman–Crippen LogP) is 2.27. The summed E-state index contributed by atoms with van der Waals surface area (Å²) in [5, 5.41) is 0. The van der Waals surface area contributed by atoms with Crippen LogP contribution in [0.4, 0.5) is 8.78 Å². The molecule has 0 aromatic carbocycles. The minimum absolute atomic E-state index is 0.155. The van der Waals surface area contributed by atoms with E-state index in [9.17, 15) is 22.0 Å². The molecule has 0 bridgehead atoms. The molecule has 3 aromatic heterocycles. The summed E-state index contributed by atoms with van der Waals surface area (Å²) in [4.78, 5) is 17.9. The summed E-state index contributed by atoms with van der Waals surface area (Å²) in [5.74, 6) is -2.21. The Balaban J connectivity index is 2.34. The number of aldehydes is 1. The Labute approximate surface area is 135 Å². The van der Waals surface area contributed by atoms with Crippen molar-refractivity contribution in [3.05, 3.63) is 66.4 Å². The van der Waals surface area contributed by atoms with E-state index in [4.69, 9.17) is 0 Å².